The van der Waals surface area contributed by atoms with Crippen LogP contribution in [0.5, 0.6) is 0 Å². The summed E-state index contributed by atoms with van der Waals surface area (Å²) in [6.45, 7) is 4.64. The van der Waals surface area contributed by atoms with E-state index in [0.29, 0.717) is 22.9 Å². The molecule has 1 N–H and O–H groups in total. The van der Waals surface area contributed by atoms with Crippen LogP contribution in [0, 0.1) is 6.92 Å². The van der Waals surface area contributed by atoms with Crippen molar-refractivity contribution in [3.63, 3.8) is 0 Å². The third-order valence-electron chi connectivity index (χ3n) is 4.15. The molecule has 0 radical (unpaired) electrons. The van der Waals surface area contributed by atoms with Gasteiger partial charge in [0.2, 0.25) is 0 Å². The number of thiazole rings is 1. The first-order valence-corrected chi connectivity index (χ1v) is 8.62. The zero-order valence-corrected chi connectivity index (χ0v) is 14.3. The molecular weight excluding hydrogens is 332 g/mol. The summed E-state index contributed by atoms with van der Waals surface area (Å²) in [5.74, 6) is 0.242. The van der Waals surface area contributed by atoms with Crippen LogP contribution < -0.4 is 0 Å². The highest BCUT2D eigenvalue weighted by Gasteiger charge is 2.31. The number of rotatable bonds is 1. The van der Waals surface area contributed by atoms with Crippen LogP contribution in [0.25, 0.3) is 11.0 Å². The number of nitrogens with zero attached hydrogens (tertiary/aromatic N) is 3. The van der Waals surface area contributed by atoms with Gasteiger partial charge < -0.3 is 9.88 Å². The van der Waals surface area contributed by atoms with Gasteiger partial charge in [-0.05, 0) is 26.0 Å². The van der Waals surface area contributed by atoms with Gasteiger partial charge in [-0.25, -0.2) is 9.97 Å². The smallest absolute Gasteiger partial charge is 0.290 e. The molecule has 1 amide bonds. The monoisotopic (exact) mass is 346 g/mol. The van der Waals surface area contributed by atoms with Crippen LogP contribution in [-0.2, 0) is 13.0 Å². The van der Waals surface area contributed by atoms with Crippen LogP contribution >= 0.6 is 22.9 Å². The van der Waals surface area contributed by atoms with Crippen LogP contribution in [0.3, 0.4) is 0 Å². The number of amides is 1. The number of aryl methyl sites for hydroxylation is 1. The molecule has 0 aliphatic carbocycles. The lowest BCUT2D eigenvalue weighted by atomic mass is 10.1. The number of benzene rings is 1. The third kappa shape index (κ3) is 2.42. The van der Waals surface area contributed by atoms with Gasteiger partial charge in [0.15, 0.2) is 5.82 Å². The zero-order valence-electron chi connectivity index (χ0n) is 12.8. The van der Waals surface area contributed by atoms with Crippen LogP contribution in [-0.4, -0.2) is 31.8 Å². The molecule has 1 unspecified atom stereocenters. The Kier molecular flexibility index (Phi) is 3.39. The Morgan fingerprint density at radius 3 is 3.04 bits per heavy atom. The molecule has 118 valence electrons. The molecule has 4 rings (SSSR count). The summed E-state index contributed by atoms with van der Waals surface area (Å²) >= 11 is 7.80. The van der Waals surface area contributed by atoms with Gasteiger partial charge >= 0.3 is 0 Å². The van der Waals surface area contributed by atoms with Gasteiger partial charge in [-0.3, -0.25) is 4.79 Å². The minimum atomic E-state index is -0.0959. The lowest BCUT2D eigenvalue weighted by Gasteiger charge is -2.32. The number of fused-ring (bicyclic) bond motifs is 2. The van der Waals surface area contributed by atoms with Gasteiger partial charge in [-0.15, -0.1) is 11.3 Å². The molecule has 3 aromatic rings. The van der Waals surface area contributed by atoms with E-state index in [1.807, 2.05) is 30.9 Å². The summed E-state index contributed by atoms with van der Waals surface area (Å²) in [6, 6.07) is 5.58. The zero-order chi connectivity index (χ0) is 16.1. The maximum absolute atomic E-state index is 12.9. The number of H-pyrrole nitrogens is 1. The van der Waals surface area contributed by atoms with E-state index >= 15 is 0 Å². The highest BCUT2D eigenvalue weighted by molar-refractivity contribution is 7.11. The third-order valence-corrected chi connectivity index (χ3v) is 5.45. The second-order valence-corrected chi connectivity index (χ2v) is 7.51. The van der Waals surface area contributed by atoms with Crippen molar-refractivity contribution in [1.82, 2.24) is 19.9 Å². The number of carbonyl (C=O) groups excluding carboxylic acids is 1. The largest absolute Gasteiger partial charge is 0.334 e. The predicted molar refractivity (Wildman–Crippen MR) is 91.0 cm³/mol. The number of hydrogen-bond acceptors (Lipinski definition) is 4. The molecule has 23 heavy (non-hydrogen) atoms. The van der Waals surface area contributed by atoms with E-state index in [2.05, 4.69) is 15.0 Å². The van der Waals surface area contributed by atoms with Crippen molar-refractivity contribution in [1.29, 1.82) is 0 Å². The normalized spacial score (nSPS) is 17.5. The number of halogens is 1. The lowest BCUT2D eigenvalue weighted by molar-refractivity contribution is 0.0649. The average Bonchev–Trinajstić information content (AvgIpc) is 3.09. The Hall–Kier alpha value is -1.92. The predicted octanol–water partition coefficient (Wildman–Crippen LogP) is 3.57. The molecule has 0 saturated heterocycles. The Labute approximate surface area is 142 Å². The molecule has 0 fully saturated rings. The summed E-state index contributed by atoms with van der Waals surface area (Å²) in [6.07, 6.45) is 0.784. The maximum atomic E-state index is 12.9. The first-order chi connectivity index (χ1) is 11.0. The summed E-state index contributed by atoms with van der Waals surface area (Å²) in [5.41, 5.74) is 2.54. The maximum Gasteiger partial charge on any atom is 0.290 e. The summed E-state index contributed by atoms with van der Waals surface area (Å²) in [5, 5.41) is 1.59. The number of carbonyl (C=O) groups is 1. The summed E-state index contributed by atoms with van der Waals surface area (Å²) in [4.78, 5) is 27.9. The Morgan fingerprint density at radius 2 is 2.26 bits per heavy atom. The Balaban J connectivity index is 1.69. The molecule has 1 aromatic carbocycles. The van der Waals surface area contributed by atoms with E-state index in [4.69, 9.17) is 11.6 Å². The quantitative estimate of drug-likeness (QED) is 0.732. The second kappa shape index (κ2) is 5.32. The van der Waals surface area contributed by atoms with E-state index in [9.17, 15) is 4.79 Å². The number of para-hydroxylation sites is 1. The lowest BCUT2D eigenvalue weighted by Crippen LogP contribution is -2.42. The van der Waals surface area contributed by atoms with Crippen molar-refractivity contribution in [2.75, 3.05) is 0 Å². The van der Waals surface area contributed by atoms with Crippen molar-refractivity contribution in [3.05, 3.63) is 44.6 Å². The number of hydrogen-bond donors (Lipinski definition) is 1. The topological polar surface area (TPSA) is 61.9 Å². The number of aromatic nitrogens is 3. The Morgan fingerprint density at radius 1 is 1.43 bits per heavy atom. The van der Waals surface area contributed by atoms with Gasteiger partial charge in [0.05, 0.1) is 27.8 Å². The molecule has 0 spiro atoms. The highest BCUT2D eigenvalue weighted by atomic mass is 35.5. The number of nitrogens with one attached hydrogen (secondary N) is 1. The molecule has 3 heterocycles. The molecule has 1 aliphatic heterocycles. The van der Waals surface area contributed by atoms with Crippen LogP contribution in [0.2, 0.25) is 5.02 Å². The van der Waals surface area contributed by atoms with Crippen molar-refractivity contribution in [2.24, 2.45) is 0 Å². The van der Waals surface area contributed by atoms with E-state index < -0.39 is 0 Å². The molecule has 0 saturated carbocycles. The van der Waals surface area contributed by atoms with Crippen molar-refractivity contribution in [3.8, 4) is 0 Å². The Bertz CT molecular complexity index is 916. The average molecular weight is 347 g/mol. The molecule has 2 aromatic heterocycles. The van der Waals surface area contributed by atoms with Crippen LogP contribution in [0.4, 0.5) is 0 Å². The summed E-state index contributed by atoms with van der Waals surface area (Å²) in [7, 11) is 0. The van der Waals surface area contributed by atoms with Crippen molar-refractivity contribution >= 4 is 39.9 Å². The number of aromatic amines is 1. The molecule has 1 atom stereocenters. The first kappa shape index (κ1) is 14.7. The molecule has 1 aliphatic rings. The van der Waals surface area contributed by atoms with E-state index in [-0.39, 0.29) is 11.9 Å². The molecule has 7 heteroatoms. The number of imidazole rings is 1. The second-order valence-electron chi connectivity index (χ2n) is 5.81. The van der Waals surface area contributed by atoms with Gasteiger partial charge in [0, 0.05) is 17.3 Å². The molecule has 5 nitrogen and oxygen atoms in total. The van der Waals surface area contributed by atoms with Crippen LogP contribution in [0.1, 0.15) is 33.1 Å². The fourth-order valence-corrected chi connectivity index (χ4v) is 4.18. The van der Waals surface area contributed by atoms with Crippen molar-refractivity contribution in [2.45, 2.75) is 32.9 Å². The van der Waals surface area contributed by atoms with E-state index in [1.54, 1.807) is 17.4 Å². The fraction of sp³-hybridized carbons (Fsp3) is 0.312. The minimum absolute atomic E-state index is 0.0959. The van der Waals surface area contributed by atoms with Gasteiger partial charge in [-0.2, -0.15) is 0 Å². The summed E-state index contributed by atoms with van der Waals surface area (Å²) < 4.78 is 0. The first-order valence-electron chi connectivity index (χ1n) is 7.43. The fourth-order valence-electron chi connectivity index (χ4n) is 3.00. The van der Waals surface area contributed by atoms with Gasteiger partial charge in [0.1, 0.15) is 5.52 Å². The molecular formula is C16H15ClN4OS. The standard InChI is InChI=1S/C16H15ClN4OS/c1-8-6-12-13(23-9(2)18-12)7-21(8)16(22)15-19-11-5-3-4-10(17)14(11)20-15/h3-5,8H,6-7H2,1-2H3,(H,19,20). The highest BCUT2D eigenvalue weighted by Crippen LogP contribution is 2.29. The SMILES string of the molecule is Cc1nc2c(s1)CN(C(=O)c1nc3c(Cl)cccc3[nH]1)C(C)C2. The van der Waals surface area contributed by atoms with Gasteiger partial charge in [-0.1, -0.05) is 17.7 Å². The van der Waals surface area contributed by atoms with E-state index in [0.717, 1.165) is 22.6 Å². The molecule has 0 bridgehead atoms. The van der Waals surface area contributed by atoms with Crippen LogP contribution in [0.15, 0.2) is 18.2 Å². The minimum Gasteiger partial charge on any atom is -0.334 e. The van der Waals surface area contributed by atoms with Crippen molar-refractivity contribution < 1.29 is 4.79 Å². The van der Waals surface area contributed by atoms with E-state index in [1.165, 1.54) is 4.88 Å². The van der Waals surface area contributed by atoms with Gasteiger partial charge in [0.25, 0.3) is 5.91 Å².